The van der Waals surface area contributed by atoms with Crippen molar-refractivity contribution >= 4 is 5.91 Å². The SMILES string of the molecule is COc1ccccc1CN(C)C(=O)CC1CCCN1. The fraction of sp³-hybridized carbons (Fsp3) is 0.533. The van der Waals surface area contributed by atoms with E-state index in [0.29, 0.717) is 19.0 Å². The van der Waals surface area contributed by atoms with Crippen LogP contribution in [0, 0.1) is 0 Å². The summed E-state index contributed by atoms with van der Waals surface area (Å²) in [6, 6.07) is 8.18. The molecule has 1 N–H and O–H groups in total. The molecule has 19 heavy (non-hydrogen) atoms. The summed E-state index contributed by atoms with van der Waals surface area (Å²) < 4.78 is 5.31. The van der Waals surface area contributed by atoms with E-state index in [1.165, 1.54) is 6.42 Å². The van der Waals surface area contributed by atoms with Crippen molar-refractivity contribution in [2.45, 2.75) is 31.8 Å². The third-order valence-corrected chi connectivity index (χ3v) is 3.61. The van der Waals surface area contributed by atoms with Gasteiger partial charge in [0.05, 0.1) is 7.11 Å². The minimum Gasteiger partial charge on any atom is -0.496 e. The molecule has 1 aliphatic heterocycles. The molecular formula is C15H22N2O2. The maximum Gasteiger partial charge on any atom is 0.224 e. The second-order valence-electron chi connectivity index (χ2n) is 5.06. The molecule has 1 unspecified atom stereocenters. The molecule has 4 heteroatoms. The van der Waals surface area contributed by atoms with Gasteiger partial charge in [0.15, 0.2) is 0 Å². The predicted molar refractivity (Wildman–Crippen MR) is 75.1 cm³/mol. The van der Waals surface area contributed by atoms with E-state index in [4.69, 9.17) is 4.74 Å². The van der Waals surface area contributed by atoms with E-state index >= 15 is 0 Å². The first kappa shape index (κ1) is 13.9. The minimum atomic E-state index is 0.185. The molecule has 0 radical (unpaired) electrons. The number of carbonyl (C=O) groups excluding carboxylic acids is 1. The van der Waals surface area contributed by atoms with Crippen LogP contribution in [0.2, 0.25) is 0 Å². The van der Waals surface area contributed by atoms with E-state index in [9.17, 15) is 4.79 Å². The number of ether oxygens (including phenoxy) is 1. The molecule has 1 aliphatic rings. The number of carbonyl (C=O) groups is 1. The number of benzene rings is 1. The van der Waals surface area contributed by atoms with E-state index in [1.54, 1.807) is 12.0 Å². The standard InChI is InChI=1S/C15H22N2O2/c1-17(15(18)10-13-7-5-9-16-13)11-12-6-3-4-8-14(12)19-2/h3-4,6,8,13,16H,5,7,9-11H2,1-2H3. The van der Waals surface area contributed by atoms with Crippen molar-refractivity contribution in [3.8, 4) is 5.75 Å². The Morgan fingerprint density at radius 3 is 2.95 bits per heavy atom. The van der Waals surface area contributed by atoms with Crippen LogP contribution in [0.3, 0.4) is 0 Å². The number of amides is 1. The van der Waals surface area contributed by atoms with Crippen LogP contribution in [0.4, 0.5) is 0 Å². The lowest BCUT2D eigenvalue weighted by molar-refractivity contribution is -0.130. The number of nitrogens with one attached hydrogen (secondary N) is 1. The Morgan fingerprint density at radius 2 is 2.26 bits per heavy atom. The Balaban J connectivity index is 1.92. The van der Waals surface area contributed by atoms with Crippen molar-refractivity contribution in [3.63, 3.8) is 0 Å². The molecule has 2 rings (SSSR count). The predicted octanol–water partition coefficient (Wildman–Crippen LogP) is 1.80. The Bertz CT molecular complexity index is 428. The molecule has 0 bridgehead atoms. The van der Waals surface area contributed by atoms with Crippen molar-refractivity contribution < 1.29 is 9.53 Å². The van der Waals surface area contributed by atoms with E-state index in [2.05, 4.69) is 5.32 Å². The van der Waals surface area contributed by atoms with Crippen molar-refractivity contribution in [2.24, 2.45) is 0 Å². The molecular weight excluding hydrogens is 240 g/mol. The summed E-state index contributed by atoms with van der Waals surface area (Å²) in [6.07, 6.45) is 2.87. The van der Waals surface area contributed by atoms with Gasteiger partial charge in [0.25, 0.3) is 0 Å². The highest BCUT2D eigenvalue weighted by atomic mass is 16.5. The maximum atomic E-state index is 12.1. The summed E-state index contributed by atoms with van der Waals surface area (Å²) in [5.41, 5.74) is 1.04. The summed E-state index contributed by atoms with van der Waals surface area (Å²) in [5.74, 6) is 1.02. The lowest BCUT2D eigenvalue weighted by atomic mass is 10.1. The number of para-hydroxylation sites is 1. The normalized spacial score (nSPS) is 18.3. The molecule has 1 amide bonds. The fourth-order valence-corrected chi connectivity index (χ4v) is 2.47. The molecule has 1 aromatic rings. The van der Waals surface area contributed by atoms with Gasteiger partial charge in [-0.2, -0.15) is 0 Å². The highest BCUT2D eigenvalue weighted by Gasteiger charge is 2.20. The topological polar surface area (TPSA) is 41.6 Å². The summed E-state index contributed by atoms with van der Waals surface area (Å²) in [6.45, 7) is 1.63. The second kappa shape index (κ2) is 6.57. The first-order chi connectivity index (χ1) is 9.20. The molecule has 1 saturated heterocycles. The van der Waals surface area contributed by atoms with Gasteiger partial charge >= 0.3 is 0 Å². The molecule has 1 fully saturated rings. The first-order valence-corrected chi connectivity index (χ1v) is 6.80. The Labute approximate surface area is 114 Å². The monoisotopic (exact) mass is 262 g/mol. The molecule has 1 aromatic carbocycles. The van der Waals surface area contributed by atoms with Crippen LogP contribution in [0.1, 0.15) is 24.8 Å². The van der Waals surface area contributed by atoms with Gasteiger partial charge in [-0.15, -0.1) is 0 Å². The Kier molecular flexibility index (Phi) is 4.80. The number of nitrogens with zero attached hydrogens (tertiary/aromatic N) is 1. The van der Waals surface area contributed by atoms with Gasteiger partial charge < -0.3 is 15.0 Å². The van der Waals surface area contributed by atoms with Gasteiger partial charge in [-0.3, -0.25) is 4.79 Å². The fourth-order valence-electron chi connectivity index (χ4n) is 2.47. The summed E-state index contributed by atoms with van der Waals surface area (Å²) in [4.78, 5) is 13.9. The second-order valence-corrected chi connectivity index (χ2v) is 5.06. The number of rotatable bonds is 5. The van der Waals surface area contributed by atoms with Gasteiger partial charge in [-0.25, -0.2) is 0 Å². The highest BCUT2D eigenvalue weighted by molar-refractivity contribution is 5.76. The van der Waals surface area contributed by atoms with Gasteiger partial charge in [-0.05, 0) is 25.5 Å². The van der Waals surface area contributed by atoms with Gasteiger partial charge in [0.2, 0.25) is 5.91 Å². The quantitative estimate of drug-likeness (QED) is 0.879. The van der Waals surface area contributed by atoms with Gasteiger partial charge in [0.1, 0.15) is 5.75 Å². The summed E-state index contributed by atoms with van der Waals surface area (Å²) in [5, 5.41) is 3.36. The third kappa shape index (κ3) is 3.70. The van der Waals surface area contributed by atoms with E-state index < -0.39 is 0 Å². The average Bonchev–Trinajstić information content (AvgIpc) is 2.92. The lowest BCUT2D eigenvalue weighted by Gasteiger charge is -2.20. The van der Waals surface area contributed by atoms with Crippen molar-refractivity contribution in [1.82, 2.24) is 10.2 Å². The van der Waals surface area contributed by atoms with E-state index in [0.717, 1.165) is 24.3 Å². The molecule has 0 spiro atoms. The Hall–Kier alpha value is -1.55. The van der Waals surface area contributed by atoms with Crippen LogP contribution in [-0.4, -0.2) is 37.6 Å². The van der Waals surface area contributed by atoms with Crippen molar-refractivity contribution in [1.29, 1.82) is 0 Å². The van der Waals surface area contributed by atoms with Crippen LogP contribution in [0.5, 0.6) is 5.75 Å². The van der Waals surface area contributed by atoms with Gasteiger partial charge in [0, 0.05) is 31.6 Å². The lowest BCUT2D eigenvalue weighted by Crippen LogP contribution is -2.33. The zero-order chi connectivity index (χ0) is 13.7. The maximum absolute atomic E-state index is 12.1. The molecule has 0 aliphatic carbocycles. The zero-order valence-electron chi connectivity index (χ0n) is 11.7. The smallest absolute Gasteiger partial charge is 0.224 e. The molecule has 104 valence electrons. The van der Waals surface area contributed by atoms with Gasteiger partial charge in [-0.1, -0.05) is 18.2 Å². The first-order valence-electron chi connectivity index (χ1n) is 6.80. The third-order valence-electron chi connectivity index (χ3n) is 3.61. The zero-order valence-corrected chi connectivity index (χ0v) is 11.7. The van der Waals surface area contributed by atoms with Crippen LogP contribution >= 0.6 is 0 Å². The molecule has 4 nitrogen and oxygen atoms in total. The average molecular weight is 262 g/mol. The summed E-state index contributed by atoms with van der Waals surface area (Å²) in [7, 11) is 3.51. The molecule has 1 atom stereocenters. The van der Waals surface area contributed by atoms with E-state index in [-0.39, 0.29) is 5.91 Å². The minimum absolute atomic E-state index is 0.185. The number of hydrogen-bond donors (Lipinski definition) is 1. The largest absolute Gasteiger partial charge is 0.496 e. The van der Waals surface area contributed by atoms with Crippen LogP contribution < -0.4 is 10.1 Å². The molecule has 1 heterocycles. The van der Waals surface area contributed by atoms with Crippen molar-refractivity contribution in [2.75, 3.05) is 20.7 Å². The number of methoxy groups -OCH3 is 1. The highest BCUT2D eigenvalue weighted by Crippen LogP contribution is 2.19. The van der Waals surface area contributed by atoms with Crippen LogP contribution in [0.15, 0.2) is 24.3 Å². The number of hydrogen-bond acceptors (Lipinski definition) is 3. The van der Waals surface area contributed by atoms with Crippen LogP contribution in [-0.2, 0) is 11.3 Å². The molecule has 0 aromatic heterocycles. The van der Waals surface area contributed by atoms with Crippen molar-refractivity contribution in [3.05, 3.63) is 29.8 Å². The summed E-state index contributed by atoms with van der Waals surface area (Å²) >= 11 is 0. The molecule has 0 saturated carbocycles. The van der Waals surface area contributed by atoms with E-state index in [1.807, 2.05) is 31.3 Å². The Morgan fingerprint density at radius 1 is 1.47 bits per heavy atom. The van der Waals surface area contributed by atoms with Crippen LogP contribution in [0.25, 0.3) is 0 Å².